The normalized spacial score (nSPS) is 23.1. The van der Waals surface area contributed by atoms with Gasteiger partial charge in [-0.05, 0) is 38.5 Å². The van der Waals surface area contributed by atoms with Gasteiger partial charge in [-0.1, -0.05) is 19.8 Å². The molecule has 0 aromatic rings. The Hall–Kier alpha value is -1.26. The number of hydrogen-bond donors (Lipinski definition) is 2. The molecule has 0 spiro atoms. The highest BCUT2D eigenvalue weighted by atomic mass is 16.2. The Bertz CT molecular complexity index is 353. The molecule has 1 saturated heterocycles. The summed E-state index contributed by atoms with van der Waals surface area (Å²) < 4.78 is 0. The number of carbonyl (C=O) groups is 2. The molecule has 0 bridgehead atoms. The number of piperidine rings is 1. The zero-order valence-corrected chi connectivity index (χ0v) is 13.2. The lowest BCUT2D eigenvalue weighted by molar-refractivity contribution is -0.124. The van der Waals surface area contributed by atoms with Crippen molar-refractivity contribution >= 4 is 11.9 Å². The predicted molar refractivity (Wildman–Crippen MR) is 83.0 cm³/mol. The van der Waals surface area contributed by atoms with Gasteiger partial charge in [-0.3, -0.25) is 4.79 Å². The fourth-order valence-electron chi connectivity index (χ4n) is 3.48. The minimum atomic E-state index is 0.0247. The fourth-order valence-corrected chi connectivity index (χ4v) is 3.48. The molecule has 2 N–H and O–H groups in total. The summed E-state index contributed by atoms with van der Waals surface area (Å²) in [5, 5.41) is 5.87. The second-order valence-electron chi connectivity index (χ2n) is 6.26. The third-order valence-electron chi connectivity index (χ3n) is 4.79. The summed E-state index contributed by atoms with van der Waals surface area (Å²) in [5.41, 5.74) is 0. The molecule has 120 valence electrons. The van der Waals surface area contributed by atoms with Crippen LogP contribution in [0.25, 0.3) is 0 Å². The third-order valence-corrected chi connectivity index (χ3v) is 4.79. The van der Waals surface area contributed by atoms with Crippen molar-refractivity contribution in [3.05, 3.63) is 0 Å². The van der Waals surface area contributed by atoms with Gasteiger partial charge in [0.25, 0.3) is 0 Å². The van der Waals surface area contributed by atoms with E-state index in [0.29, 0.717) is 19.1 Å². The summed E-state index contributed by atoms with van der Waals surface area (Å²) in [7, 11) is 0. The molecule has 1 aliphatic heterocycles. The molecule has 5 heteroatoms. The van der Waals surface area contributed by atoms with Crippen molar-refractivity contribution in [3.8, 4) is 0 Å². The van der Waals surface area contributed by atoms with Crippen molar-refractivity contribution < 1.29 is 9.59 Å². The van der Waals surface area contributed by atoms with Gasteiger partial charge in [0.05, 0.1) is 0 Å². The molecule has 2 fully saturated rings. The van der Waals surface area contributed by atoms with Gasteiger partial charge in [0.15, 0.2) is 0 Å². The van der Waals surface area contributed by atoms with E-state index < -0.39 is 0 Å². The van der Waals surface area contributed by atoms with Crippen molar-refractivity contribution in [1.29, 1.82) is 0 Å². The number of nitrogens with one attached hydrogen (secondary N) is 2. The Labute approximate surface area is 127 Å². The Morgan fingerprint density at radius 1 is 1.00 bits per heavy atom. The van der Waals surface area contributed by atoms with Gasteiger partial charge in [0.2, 0.25) is 5.91 Å². The SMILES string of the molecule is CCC1CCCCN1C(=O)NCCNC(=O)C1CCCC1. The van der Waals surface area contributed by atoms with Gasteiger partial charge < -0.3 is 15.5 Å². The average molecular weight is 295 g/mol. The zero-order valence-electron chi connectivity index (χ0n) is 13.2. The van der Waals surface area contributed by atoms with Crippen LogP contribution in [-0.4, -0.2) is 42.5 Å². The van der Waals surface area contributed by atoms with Crippen LogP contribution < -0.4 is 10.6 Å². The molecule has 2 aliphatic rings. The Morgan fingerprint density at radius 2 is 1.67 bits per heavy atom. The van der Waals surface area contributed by atoms with Crippen LogP contribution in [0.15, 0.2) is 0 Å². The van der Waals surface area contributed by atoms with Crippen molar-refractivity contribution in [2.24, 2.45) is 5.92 Å². The number of nitrogens with zero attached hydrogens (tertiary/aromatic N) is 1. The molecular formula is C16H29N3O2. The smallest absolute Gasteiger partial charge is 0.317 e. The molecule has 0 aromatic heterocycles. The van der Waals surface area contributed by atoms with Gasteiger partial charge >= 0.3 is 6.03 Å². The lowest BCUT2D eigenvalue weighted by Crippen LogP contribution is -2.49. The van der Waals surface area contributed by atoms with Crippen molar-refractivity contribution in [3.63, 3.8) is 0 Å². The summed E-state index contributed by atoms with van der Waals surface area (Å²) >= 11 is 0. The van der Waals surface area contributed by atoms with Crippen LogP contribution in [-0.2, 0) is 4.79 Å². The summed E-state index contributed by atoms with van der Waals surface area (Å²) in [6.07, 6.45) is 8.83. The minimum Gasteiger partial charge on any atom is -0.354 e. The average Bonchev–Trinajstić information content (AvgIpc) is 3.05. The van der Waals surface area contributed by atoms with E-state index in [2.05, 4.69) is 17.6 Å². The van der Waals surface area contributed by atoms with E-state index in [1.807, 2.05) is 4.90 Å². The van der Waals surface area contributed by atoms with Crippen molar-refractivity contribution in [2.75, 3.05) is 19.6 Å². The van der Waals surface area contributed by atoms with E-state index in [1.165, 1.54) is 19.3 Å². The molecule has 5 nitrogen and oxygen atoms in total. The molecule has 0 aromatic carbocycles. The minimum absolute atomic E-state index is 0.0247. The van der Waals surface area contributed by atoms with Gasteiger partial charge in [-0.25, -0.2) is 4.79 Å². The first-order valence-corrected chi connectivity index (χ1v) is 8.54. The number of carbonyl (C=O) groups excluding carboxylic acids is 2. The van der Waals surface area contributed by atoms with E-state index in [4.69, 9.17) is 0 Å². The summed E-state index contributed by atoms with van der Waals surface area (Å²) in [6.45, 7) is 4.05. The predicted octanol–water partition coefficient (Wildman–Crippen LogP) is 2.27. The number of urea groups is 1. The number of amides is 3. The first-order valence-electron chi connectivity index (χ1n) is 8.54. The van der Waals surface area contributed by atoms with Crippen molar-refractivity contribution in [1.82, 2.24) is 15.5 Å². The van der Waals surface area contributed by atoms with Gasteiger partial charge in [0, 0.05) is 31.6 Å². The molecule has 1 atom stereocenters. The van der Waals surface area contributed by atoms with Crippen molar-refractivity contribution in [2.45, 2.75) is 64.3 Å². The Kier molecular flexibility index (Phi) is 6.33. The molecule has 1 unspecified atom stereocenters. The zero-order chi connectivity index (χ0) is 15.1. The van der Waals surface area contributed by atoms with Crippen LogP contribution in [0.5, 0.6) is 0 Å². The largest absolute Gasteiger partial charge is 0.354 e. The van der Waals surface area contributed by atoms with Gasteiger partial charge in [-0.2, -0.15) is 0 Å². The number of likely N-dealkylation sites (tertiary alicyclic amines) is 1. The summed E-state index contributed by atoms with van der Waals surface area (Å²) in [5.74, 6) is 0.360. The highest BCUT2D eigenvalue weighted by molar-refractivity contribution is 5.79. The Morgan fingerprint density at radius 3 is 2.38 bits per heavy atom. The van der Waals surface area contributed by atoms with Crippen LogP contribution in [0, 0.1) is 5.92 Å². The van der Waals surface area contributed by atoms with E-state index in [-0.39, 0.29) is 17.9 Å². The third kappa shape index (κ3) is 4.61. The first-order chi connectivity index (χ1) is 10.2. The van der Waals surface area contributed by atoms with Crippen LogP contribution in [0.4, 0.5) is 4.79 Å². The van der Waals surface area contributed by atoms with Crippen LogP contribution >= 0.6 is 0 Å². The monoisotopic (exact) mass is 295 g/mol. The lowest BCUT2D eigenvalue weighted by atomic mass is 10.0. The van der Waals surface area contributed by atoms with Crippen LogP contribution in [0.1, 0.15) is 58.3 Å². The highest BCUT2D eigenvalue weighted by Crippen LogP contribution is 2.24. The molecule has 21 heavy (non-hydrogen) atoms. The molecule has 2 rings (SSSR count). The maximum atomic E-state index is 12.2. The second-order valence-corrected chi connectivity index (χ2v) is 6.26. The summed E-state index contributed by atoms with van der Waals surface area (Å²) in [6, 6.07) is 0.406. The molecule has 0 radical (unpaired) electrons. The topological polar surface area (TPSA) is 61.4 Å². The quantitative estimate of drug-likeness (QED) is 0.764. The second kappa shape index (κ2) is 8.25. The van der Waals surface area contributed by atoms with Gasteiger partial charge in [0.1, 0.15) is 0 Å². The summed E-state index contributed by atoms with van der Waals surface area (Å²) in [4.78, 5) is 26.0. The highest BCUT2D eigenvalue weighted by Gasteiger charge is 2.25. The lowest BCUT2D eigenvalue weighted by Gasteiger charge is -2.35. The number of hydrogen-bond acceptors (Lipinski definition) is 2. The van der Waals surface area contributed by atoms with E-state index in [1.54, 1.807) is 0 Å². The Balaban J connectivity index is 1.63. The van der Waals surface area contributed by atoms with E-state index >= 15 is 0 Å². The molecule has 1 saturated carbocycles. The standard InChI is InChI=1S/C16H29N3O2/c1-2-14-9-5-6-12-19(14)16(21)18-11-10-17-15(20)13-7-3-4-8-13/h13-14H,2-12H2,1H3,(H,17,20)(H,18,21). The van der Waals surface area contributed by atoms with E-state index in [0.717, 1.165) is 38.6 Å². The number of rotatable bonds is 5. The van der Waals surface area contributed by atoms with Crippen LogP contribution in [0.2, 0.25) is 0 Å². The van der Waals surface area contributed by atoms with E-state index in [9.17, 15) is 9.59 Å². The maximum absolute atomic E-state index is 12.2. The van der Waals surface area contributed by atoms with Gasteiger partial charge in [-0.15, -0.1) is 0 Å². The molecule has 1 heterocycles. The fraction of sp³-hybridized carbons (Fsp3) is 0.875. The molecule has 3 amide bonds. The molecular weight excluding hydrogens is 266 g/mol. The molecule has 1 aliphatic carbocycles. The maximum Gasteiger partial charge on any atom is 0.317 e. The first kappa shape index (κ1) is 16.1. The van der Waals surface area contributed by atoms with Crippen LogP contribution in [0.3, 0.4) is 0 Å².